The van der Waals surface area contributed by atoms with Crippen molar-refractivity contribution in [3.05, 3.63) is 65.5 Å². The number of sulfonamides is 1. The van der Waals surface area contributed by atoms with E-state index < -0.39 is 15.9 Å². The van der Waals surface area contributed by atoms with Gasteiger partial charge in [-0.15, -0.1) is 0 Å². The molecule has 0 unspecified atom stereocenters. The highest BCUT2D eigenvalue weighted by molar-refractivity contribution is 7.89. The highest BCUT2D eigenvalue weighted by atomic mass is 32.2. The third-order valence-corrected chi connectivity index (χ3v) is 7.31. The Kier molecular flexibility index (Phi) is 6.50. The Balaban J connectivity index is 1.68. The number of rotatable bonds is 6. The lowest BCUT2D eigenvalue weighted by Crippen LogP contribution is -2.40. The molecule has 3 aromatic rings. The molecule has 9 nitrogen and oxygen atoms in total. The van der Waals surface area contributed by atoms with Crippen LogP contribution in [0.15, 0.2) is 53.4 Å². The van der Waals surface area contributed by atoms with Gasteiger partial charge in [0.15, 0.2) is 0 Å². The number of benzene rings is 2. The molecule has 0 atom stereocenters. The Hall–Kier alpha value is -3.21. The standard InChI is InChI=1S/C23H26N4O5S/c1-16-14-17(2)27(25-16)21-7-5-4-6-20(21)24-23(28)19-15-18(8-9-22(19)31-3)33(29,30)26-10-12-32-13-11-26/h4-9,14-15H,10-13H2,1-3H3,(H,24,28). The Morgan fingerprint density at radius 2 is 1.82 bits per heavy atom. The number of morpholine rings is 1. The zero-order chi connectivity index (χ0) is 23.6. The summed E-state index contributed by atoms with van der Waals surface area (Å²) < 4.78 is 39.9. The maximum Gasteiger partial charge on any atom is 0.259 e. The molecule has 0 spiro atoms. The van der Waals surface area contributed by atoms with Crippen LogP contribution in [0, 0.1) is 13.8 Å². The molecule has 0 aliphatic carbocycles. The third-order valence-electron chi connectivity index (χ3n) is 5.41. The SMILES string of the molecule is COc1ccc(S(=O)(=O)N2CCOCC2)cc1C(=O)Nc1ccccc1-n1nc(C)cc1C. The van der Waals surface area contributed by atoms with Crippen LogP contribution >= 0.6 is 0 Å². The van der Waals surface area contributed by atoms with E-state index in [1.165, 1.54) is 29.6 Å². The van der Waals surface area contributed by atoms with Crippen molar-refractivity contribution in [2.45, 2.75) is 18.7 Å². The lowest BCUT2D eigenvalue weighted by atomic mass is 10.1. The fourth-order valence-corrected chi connectivity index (χ4v) is 5.22. The molecule has 4 rings (SSSR count). The topological polar surface area (TPSA) is 103 Å². The summed E-state index contributed by atoms with van der Waals surface area (Å²) in [5, 5.41) is 7.39. The van der Waals surface area contributed by atoms with E-state index in [-0.39, 0.29) is 29.3 Å². The smallest absolute Gasteiger partial charge is 0.259 e. The molecule has 0 saturated carbocycles. The maximum absolute atomic E-state index is 13.3. The van der Waals surface area contributed by atoms with Crippen molar-refractivity contribution in [2.24, 2.45) is 0 Å². The quantitative estimate of drug-likeness (QED) is 0.594. The maximum atomic E-state index is 13.3. The van der Waals surface area contributed by atoms with Gasteiger partial charge >= 0.3 is 0 Å². The minimum atomic E-state index is -3.77. The van der Waals surface area contributed by atoms with E-state index in [4.69, 9.17) is 9.47 Å². The van der Waals surface area contributed by atoms with Gasteiger partial charge in [0.1, 0.15) is 5.75 Å². The molecular formula is C23H26N4O5S. The molecule has 1 amide bonds. The van der Waals surface area contributed by atoms with E-state index in [1.54, 1.807) is 16.8 Å². The third kappa shape index (κ3) is 4.63. The summed E-state index contributed by atoms with van der Waals surface area (Å²) in [5.74, 6) is -0.211. The number of hydrogen-bond donors (Lipinski definition) is 1. The molecule has 174 valence electrons. The number of methoxy groups -OCH3 is 1. The minimum absolute atomic E-state index is 0.0298. The van der Waals surface area contributed by atoms with Gasteiger partial charge in [0.25, 0.3) is 5.91 Å². The number of carbonyl (C=O) groups excluding carboxylic acids is 1. The first-order valence-electron chi connectivity index (χ1n) is 10.5. The van der Waals surface area contributed by atoms with Gasteiger partial charge < -0.3 is 14.8 Å². The molecule has 33 heavy (non-hydrogen) atoms. The van der Waals surface area contributed by atoms with E-state index in [0.29, 0.717) is 24.6 Å². The number of nitrogens with one attached hydrogen (secondary N) is 1. The highest BCUT2D eigenvalue weighted by Crippen LogP contribution is 2.28. The number of para-hydroxylation sites is 2. The second-order valence-electron chi connectivity index (χ2n) is 7.69. The summed E-state index contributed by atoms with van der Waals surface area (Å²) in [6.07, 6.45) is 0. The van der Waals surface area contributed by atoms with E-state index >= 15 is 0 Å². The first kappa shape index (κ1) is 23.0. The average Bonchev–Trinajstić information content (AvgIpc) is 3.17. The monoisotopic (exact) mass is 470 g/mol. The normalized spacial score (nSPS) is 14.8. The van der Waals surface area contributed by atoms with Crippen LogP contribution < -0.4 is 10.1 Å². The highest BCUT2D eigenvalue weighted by Gasteiger charge is 2.28. The number of nitrogens with zero attached hydrogens (tertiary/aromatic N) is 3. The van der Waals surface area contributed by atoms with Crippen LogP contribution in [0.2, 0.25) is 0 Å². The van der Waals surface area contributed by atoms with Gasteiger partial charge in [-0.1, -0.05) is 12.1 Å². The Morgan fingerprint density at radius 1 is 1.09 bits per heavy atom. The van der Waals surface area contributed by atoms with Gasteiger partial charge in [0.05, 0.1) is 47.9 Å². The molecule has 1 aromatic heterocycles. The molecule has 1 fully saturated rings. The summed E-state index contributed by atoms with van der Waals surface area (Å²) in [7, 11) is -2.33. The van der Waals surface area contributed by atoms with Gasteiger partial charge in [-0.25, -0.2) is 13.1 Å². The van der Waals surface area contributed by atoms with Crippen LogP contribution in [0.25, 0.3) is 5.69 Å². The second kappa shape index (κ2) is 9.34. The summed E-state index contributed by atoms with van der Waals surface area (Å²) in [6.45, 7) is 5.05. The largest absolute Gasteiger partial charge is 0.496 e. The fraction of sp³-hybridized carbons (Fsp3) is 0.304. The van der Waals surface area contributed by atoms with Gasteiger partial charge in [-0.2, -0.15) is 9.40 Å². The van der Waals surface area contributed by atoms with Crippen molar-refractivity contribution < 1.29 is 22.7 Å². The lowest BCUT2D eigenvalue weighted by Gasteiger charge is -2.26. The molecule has 0 radical (unpaired) electrons. The van der Waals surface area contributed by atoms with Crippen molar-refractivity contribution in [2.75, 3.05) is 38.7 Å². The number of carbonyl (C=O) groups is 1. The van der Waals surface area contributed by atoms with Crippen LogP contribution in [0.5, 0.6) is 5.75 Å². The van der Waals surface area contributed by atoms with Crippen LogP contribution in [0.3, 0.4) is 0 Å². The minimum Gasteiger partial charge on any atom is -0.496 e. The number of ether oxygens (including phenoxy) is 2. The van der Waals surface area contributed by atoms with Crippen molar-refractivity contribution in [1.29, 1.82) is 0 Å². The number of hydrogen-bond acceptors (Lipinski definition) is 6. The molecule has 1 saturated heterocycles. The molecule has 10 heteroatoms. The van der Waals surface area contributed by atoms with Gasteiger partial charge in [-0.05, 0) is 50.2 Å². The summed E-state index contributed by atoms with van der Waals surface area (Å²) in [6, 6.07) is 13.5. The second-order valence-corrected chi connectivity index (χ2v) is 9.63. The average molecular weight is 471 g/mol. The predicted octanol–water partition coefficient (Wildman–Crippen LogP) is 2.77. The molecule has 1 aliphatic heterocycles. The summed E-state index contributed by atoms with van der Waals surface area (Å²) >= 11 is 0. The molecular weight excluding hydrogens is 444 g/mol. The predicted molar refractivity (Wildman–Crippen MR) is 124 cm³/mol. The summed E-state index contributed by atoms with van der Waals surface area (Å²) in [5.41, 5.74) is 3.14. The number of anilines is 1. The van der Waals surface area contributed by atoms with Crippen molar-refractivity contribution in [3.63, 3.8) is 0 Å². The Morgan fingerprint density at radius 3 is 2.48 bits per heavy atom. The number of aromatic nitrogens is 2. The number of aryl methyl sites for hydroxylation is 2. The molecule has 0 bridgehead atoms. The first-order chi connectivity index (χ1) is 15.8. The Labute approximate surface area is 193 Å². The molecule has 2 heterocycles. The molecule has 1 N–H and O–H groups in total. The van der Waals surface area contributed by atoms with Crippen LogP contribution in [0.4, 0.5) is 5.69 Å². The van der Waals surface area contributed by atoms with Crippen molar-refractivity contribution in [3.8, 4) is 11.4 Å². The van der Waals surface area contributed by atoms with Crippen LogP contribution in [-0.2, 0) is 14.8 Å². The van der Waals surface area contributed by atoms with Gasteiger partial charge in [-0.3, -0.25) is 4.79 Å². The van der Waals surface area contributed by atoms with E-state index in [0.717, 1.165) is 11.4 Å². The van der Waals surface area contributed by atoms with Crippen LogP contribution in [-0.4, -0.2) is 61.8 Å². The van der Waals surface area contributed by atoms with Crippen LogP contribution in [0.1, 0.15) is 21.7 Å². The fourth-order valence-electron chi connectivity index (χ4n) is 3.79. The van der Waals surface area contributed by atoms with Gasteiger partial charge in [0, 0.05) is 18.8 Å². The molecule has 1 aliphatic rings. The Bertz CT molecular complexity index is 1280. The zero-order valence-corrected chi connectivity index (χ0v) is 19.6. The van der Waals surface area contributed by atoms with E-state index in [1.807, 2.05) is 32.0 Å². The van der Waals surface area contributed by atoms with Crippen molar-refractivity contribution >= 4 is 21.6 Å². The first-order valence-corrected chi connectivity index (χ1v) is 11.9. The zero-order valence-electron chi connectivity index (χ0n) is 18.7. The molecule has 2 aromatic carbocycles. The summed E-state index contributed by atoms with van der Waals surface area (Å²) in [4.78, 5) is 13.3. The van der Waals surface area contributed by atoms with Gasteiger partial charge in [0.2, 0.25) is 10.0 Å². The van der Waals surface area contributed by atoms with Crippen molar-refractivity contribution in [1.82, 2.24) is 14.1 Å². The lowest BCUT2D eigenvalue weighted by molar-refractivity contribution is 0.0730. The van der Waals surface area contributed by atoms with E-state index in [9.17, 15) is 13.2 Å². The number of amides is 1. The van der Waals surface area contributed by atoms with E-state index in [2.05, 4.69) is 10.4 Å².